The molecule has 1 N–H and O–H groups in total. The van der Waals surface area contributed by atoms with Crippen molar-refractivity contribution < 1.29 is 9.94 Å². The average Bonchev–Trinajstić information content (AvgIpc) is 2.17. The second-order valence-corrected chi connectivity index (χ2v) is 2.70. The number of benzene rings is 1. The molecule has 1 heterocycles. The Labute approximate surface area is 70.3 Å². The van der Waals surface area contributed by atoms with E-state index in [-0.39, 0.29) is 0 Å². The van der Waals surface area contributed by atoms with E-state index >= 15 is 0 Å². The van der Waals surface area contributed by atoms with Crippen LogP contribution in [0.5, 0.6) is 0 Å². The van der Waals surface area contributed by atoms with Crippen LogP contribution in [-0.4, -0.2) is 17.5 Å². The summed E-state index contributed by atoms with van der Waals surface area (Å²) in [4.78, 5) is 0. The van der Waals surface area contributed by atoms with Crippen molar-refractivity contribution in [3.8, 4) is 0 Å². The minimum absolute atomic E-state index is 0.396. The van der Waals surface area contributed by atoms with Crippen LogP contribution in [0.25, 0.3) is 0 Å². The number of rotatable bonds is 0. The summed E-state index contributed by atoms with van der Waals surface area (Å²) in [7, 11) is 0. The summed E-state index contributed by atoms with van der Waals surface area (Å²) in [5.74, 6) is 0. The van der Waals surface area contributed by atoms with Gasteiger partial charge in [-0.1, -0.05) is 29.4 Å². The fourth-order valence-electron chi connectivity index (χ4n) is 1.35. The fourth-order valence-corrected chi connectivity index (χ4v) is 1.35. The molecule has 0 saturated heterocycles. The predicted molar refractivity (Wildman–Crippen MR) is 44.4 cm³/mol. The predicted octanol–water partition coefficient (Wildman–Crippen LogP) is 1.40. The molecule has 0 aromatic heterocycles. The van der Waals surface area contributed by atoms with Crippen LogP contribution in [-0.2, 0) is 11.3 Å². The minimum atomic E-state index is 0.396. The Kier molecular flexibility index (Phi) is 1.80. The molecule has 3 heteroatoms. The van der Waals surface area contributed by atoms with E-state index in [1.165, 1.54) is 0 Å². The first kappa shape index (κ1) is 7.31. The lowest BCUT2D eigenvalue weighted by Crippen LogP contribution is -2.18. The van der Waals surface area contributed by atoms with Crippen molar-refractivity contribution in [1.82, 2.24) is 0 Å². The van der Waals surface area contributed by atoms with Crippen molar-refractivity contribution in [3.63, 3.8) is 0 Å². The Bertz CT molecular complexity index is 320. The summed E-state index contributed by atoms with van der Waals surface area (Å²) in [6, 6.07) is 7.78. The van der Waals surface area contributed by atoms with Gasteiger partial charge in [0, 0.05) is 5.56 Å². The molecule has 12 heavy (non-hydrogen) atoms. The maximum atomic E-state index is 8.65. The smallest absolute Gasteiger partial charge is 0.113 e. The summed E-state index contributed by atoms with van der Waals surface area (Å²) in [6.45, 7) is 1.00. The highest BCUT2D eigenvalue weighted by Crippen LogP contribution is 2.16. The molecule has 0 radical (unpaired) electrons. The molecule has 3 nitrogen and oxygen atoms in total. The molecule has 2 rings (SSSR count). The fraction of sp³-hybridized carbons (Fsp3) is 0.222. The zero-order valence-corrected chi connectivity index (χ0v) is 6.53. The van der Waals surface area contributed by atoms with Gasteiger partial charge in [-0.25, -0.2) is 0 Å². The maximum absolute atomic E-state index is 8.65. The quantitative estimate of drug-likeness (QED) is 0.464. The Morgan fingerprint density at radius 1 is 1.25 bits per heavy atom. The number of oxime groups is 1. The Morgan fingerprint density at radius 3 is 2.92 bits per heavy atom. The number of ether oxygens (including phenoxy) is 1. The largest absolute Gasteiger partial charge is 0.411 e. The molecule has 62 valence electrons. The lowest BCUT2D eigenvalue weighted by Gasteiger charge is -2.16. The van der Waals surface area contributed by atoms with E-state index in [1.54, 1.807) is 0 Å². The molecular weight excluding hydrogens is 154 g/mol. The van der Waals surface area contributed by atoms with E-state index in [4.69, 9.17) is 9.94 Å². The molecule has 1 aliphatic heterocycles. The molecule has 0 spiro atoms. The van der Waals surface area contributed by atoms with Crippen molar-refractivity contribution in [1.29, 1.82) is 0 Å². The summed E-state index contributed by atoms with van der Waals surface area (Å²) >= 11 is 0. The van der Waals surface area contributed by atoms with Crippen molar-refractivity contribution in [2.75, 3.05) is 6.61 Å². The van der Waals surface area contributed by atoms with E-state index in [2.05, 4.69) is 5.16 Å². The van der Waals surface area contributed by atoms with Gasteiger partial charge < -0.3 is 9.94 Å². The van der Waals surface area contributed by atoms with Gasteiger partial charge in [0.1, 0.15) is 5.71 Å². The first-order valence-corrected chi connectivity index (χ1v) is 3.79. The van der Waals surface area contributed by atoms with Gasteiger partial charge in [-0.05, 0) is 5.56 Å². The van der Waals surface area contributed by atoms with Crippen molar-refractivity contribution in [2.45, 2.75) is 6.61 Å². The summed E-state index contributed by atoms with van der Waals surface area (Å²) in [5, 5.41) is 11.8. The van der Waals surface area contributed by atoms with Crippen LogP contribution in [0.2, 0.25) is 0 Å². The highest BCUT2D eigenvalue weighted by atomic mass is 16.5. The maximum Gasteiger partial charge on any atom is 0.113 e. The first-order valence-electron chi connectivity index (χ1n) is 3.79. The molecular formula is C9H9NO2. The molecule has 0 amide bonds. The summed E-state index contributed by atoms with van der Waals surface area (Å²) < 4.78 is 5.21. The average molecular weight is 163 g/mol. The molecule has 0 unspecified atom stereocenters. The van der Waals surface area contributed by atoms with Crippen molar-refractivity contribution in [3.05, 3.63) is 35.4 Å². The van der Waals surface area contributed by atoms with Crippen molar-refractivity contribution >= 4 is 5.71 Å². The van der Waals surface area contributed by atoms with E-state index < -0.39 is 0 Å². The van der Waals surface area contributed by atoms with Crippen LogP contribution in [0.1, 0.15) is 11.1 Å². The Hall–Kier alpha value is -1.35. The van der Waals surface area contributed by atoms with Crippen LogP contribution in [0.15, 0.2) is 29.4 Å². The second kappa shape index (κ2) is 2.95. The number of hydrogen-bond acceptors (Lipinski definition) is 3. The Balaban J connectivity index is 2.51. The number of fused-ring (bicyclic) bond motifs is 1. The lowest BCUT2D eigenvalue weighted by atomic mass is 10.0. The van der Waals surface area contributed by atoms with Gasteiger partial charge in [-0.15, -0.1) is 0 Å². The van der Waals surface area contributed by atoms with Gasteiger partial charge in [0.2, 0.25) is 0 Å². The highest BCUT2D eigenvalue weighted by molar-refractivity contribution is 6.02. The molecule has 1 aromatic carbocycles. The molecule has 0 saturated carbocycles. The van der Waals surface area contributed by atoms with Gasteiger partial charge in [0.05, 0.1) is 13.2 Å². The summed E-state index contributed by atoms with van der Waals surface area (Å²) in [6.07, 6.45) is 0. The van der Waals surface area contributed by atoms with Gasteiger partial charge in [-0.3, -0.25) is 0 Å². The number of nitrogens with zero attached hydrogens (tertiary/aromatic N) is 1. The molecule has 0 aliphatic carbocycles. The van der Waals surface area contributed by atoms with Gasteiger partial charge in [0.25, 0.3) is 0 Å². The van der Waals surface area contributed by atoms with Gasteiger partial charge in [-0.2, -0.15) is 0 Å². The third-order valence-corrected chi connectivity index (χ3v) is 1.95. The third kappa shape index (κ3) is 1.08. The normalized spacial score (nSPS) is 19.2. The molecule has 1 aliphatic rings. The number of hydrogen-bond donors (Lipinski definition) is 1. The van der Waals surface area contributed by atoms with E-state index in [9.17, 15) is 0 Å². The van der Waals surface area contributed by atoms with E-state index in [1.807, 2.05) is 24.3 Å². The standard InChI is InChI=1S/C9H9NO2/c11-10-9-6-12-5-7-3-1-2-4-8(7)9/h1-4,11H,5-6H2/b10-9-. The molecule has 1 aromatic rings. The van der Waals surface area contributed by atoms with Crippen LogP contribution in [0.4, 0.5) is 0 Å². The lowest BCUT2D eigenvalue weighted by molar-refractivity contribution is 0.149. The summed E-state index contributed by atoms with van der Waals surface area (Å²) in [5.41, 5.74) is 2.68. The SMILES string of the molecule is O/N=C1/COCc2ccccc21. The molecule has 0 atom stereocenters. The zero-order valence-electron chi connectivity index (χ0n) is 6.53. The van der Waals surface area contributed by atoms with E-state index in [0.29, 0.717) is 18.9 Å². The van der Waals surface area contributed by atoms with Crippen LogP contribution in [0, 0.1) is 0 Å². The topological polar surface area (TPSA) is 41.8 Å². The van der Waals surface area contributed by atoms with Gasteiger partial charge >= 0.3 is 0 Å². The second-order valence-electron chi connectivity index (χ2n) is 2.70. The van der Waals surface area contributed by atoms with Crippen molar-refractivity contribution in [2.24, 2.45) is 5.16 Å². The Morgan fingerprint density at radius 2 is 2.08 bits per heavy atom. The first-order chi connectivity index (χ1) is 5.92. The monoisotopic (exact) mass is 163 g/mol. The van der Waals surface area contributed by atoms with Gasteiger partial charge in [0.15, 0.2) is 0 Å². The zero-order chi connectivity index (χ0) is 8.39. The molecule has 0 bridgehead atoms. The van der Waals surface area contributed by atoms with Crippen LogP contribution < -0.4 is 0 Å². The van der Waals surface area contributed by atoms with E-state index in [0.717, 1.165) is 11.1 Å². The third-order valence-electron chi connectivity index (χ3n) is 1.95. The molecule has 0 fully saturated rings. The highest BCUT2D eigenvalue weighted by Gasteiger charge is 2.14. The van der Waals surface area contributed by atoms with Crippen LogP contribution >= 0.6 is 0 Å². The van der Waals surface area contributed by atoms with Crippen LogP contribution in [0.3, 0.4) is 0 Å². The minimum Gasteiger partial charge on any atom is -0.411 e.